The van der Waals surface area contributed by atoms with Gasteiger partial charge in [-0.3, -0.25) is 0 Å². The van der Waals surface area contributed by atoms with Crippen molar-refractivity contribution in [3.63, 3.8) is 0 Å². The van der Waals surface area contributed by atoms with Crippen LogP contribution in [0, 0.1) is 20.8 Å². The van der Waals surface area contributed by atoms with Crippen LogP contribution in [-0.4, -0.2) is 16.2 Å². The molecule has 0 spiro atoms. The molecule has 1 aromatic rings. The summed E-state index contributed by atoms with van der Waals surface area (Å²) in [6, 6.07) is 4.54. The zero-order valence-electron chi connectivity index (χ0n) is 12.1. The first-order valence-electron chi connectivity index (χ1n) is 6.98. The molecule has 1 atom stereocenters. The maximum Gasteiger partial charge on any atom is 0.0581 e. The zero-order chi connectivity index (χ0) is 13.8. The summed E-state index contributed by atoms with van der Waals surface area (Å²) in [6.07, 6.45) is 4.32. The Morgan fingerprint density at radius 1 is 1.26 bits per heavy atom. The third kappa shape index (κ3) is 3.75. The van der Waals surface area contributed by atoms with E-state index in [1.54, 1.807) is 0 Å². The summed E-state index contributed by atoms with van der Waals surface area (Å²) in [5.41, 5.74) is 6.59. The first-order chi connectivity index (χ1) is 9.10. The topological polar surface area (TPSA) is 32.6 Å². The Kier molecular flexibility index (Phi) is 4.92. The van der Waals surface area contributed by atoms with Crippen LogP contribution in [0.1, 0.15) is 47.9 Å². The Morgan fingerprint density at radius 3 is 2.58 bits per heavy atom. The van der Waals surface area contributed by atoms with E-state index in [1.165, 1.54) is 28.7 Å². The fourth-order valence-electron chi connectivity index (χ4n) is 2.87. The molecule has 0 heterocycles. The van der Waals surface area contributed by atoms with Gasteiger partial charge in [0.15, 0.2) is 0 Å². The van der Waals surface area contributed by atoms with Crippen LogP contribution in [0.25, 0.3) is 0 Å². The van der Waals surface area contributed by atoms with Gasteiger partial charge in [0, 0.05) is 17.4 Å². The Morgan fingerprint density at radius 2 is 1.95 bits per heavy atom. The number of rotatable bonds is 3. The Bertz CT molecular complexity index is 459. The van der Waals surface area contributed by atoms with Crippen molar-refractivity contribution in [1.29, 1.82) is 0 Å². The molecule has 0 aromatic heterocycles. The van der Waals surface area contributed by atoms with Crippen molar-refractivity contribution in [3.05, 3.63) is 34.4 Å². The second kappa shape index (κ2) is 6.47. The molecule has 1 aliphatic rings. The van der Waals surface area contributed by atoms with Crippen LogP contribution >= 0.6 is 11.8 Å². The first kappa shape index (κ1) is 14.4. The monoisotopic (exact) mass is 277 g/mol. The quantitative estimate of drug-likeness (QED) is 0.646. The normalized spacial score (nSPS) is 21.8. The average molecular weight is 277 g/mol. The predicted molar refractivity (Wildman–Crippen MR) is 83.4 cm³/mol. The van der Waals surface area contributed by atoms with Gasteiger partial charge in [-0.2, -0.15) is 11.8 Å². The molecule has 0 amide bonds. The Labute approximate surface area is 120 Å². The maximum absolute atomic E-state index is 8.89. The molecule has 1 aliphatic carbocycles. The van der Waals surface area contributed by atoms with Crippen LogP contribution in [0.4, 0.5) is 0 Å². The van der Waals surface area contributed by atoms with Crippen molar-refractivity contribution >= 4 is 17.5 Å². The molecule has 0 bridgehead atoms. The number of hydrogen-bond acceptors (Lipinski definition) is 3. The lowest BCUT2D eigenvalue weighted by Crippen LogP contribution is -2.17. The summed E-state index contributed by atoms with van der Waals surface area (Å²) in [7, 11) is 0. The summed E-state index contributed by atoms with van der Waals surface area (Å²) in [6.45, 7) is 6.57. The predicted octanol–water partition coefficient (Wildman–Crippen LogP) is 4.62. The van der Waals surface area contributed by atoms with E-state index >= 15 is 0 Å². The van der Waals surface area contributed by atoms with Crippen molar-refractivity contribution in [2.45, 2.75) is 57.5 Å². The van der Waals surface area contributed by atoms with E-state index in [4.69, 9.17) is 5.21 Å². The molecule has 0 radical (unpaired) electrons. The van der Waals surface area contributed by atoms with Gasteiger partial charge in [0.2, 0.25) is 0 Å². The molecule has 3 heteroatoms. The van der Waals surface area contributed by atoms with Crippen LogP contribution in [-0.2, 0) is 5.75 Å². The number of hydrogen-bond donors (Lipinski definition) is 1. The van der Waals surface area contributed by atoms with Gasteiger partial charge in [-0.05, 0) is 56.7 Å². The zero-order valence-corrected chi connectivity index (χ0v) is 12.9. The molecular formula is C16H23NOS. The standard InChI is InChI=1S/C16H23NOS/c1-11-7-12(2)16(13(3)8-11)10-19-15-6-4-5-14(9-15)17-18/h7-8,15,18H,4-6,9-10H2,1-3H3/b17-14+. The minimum atomic E-state index is 0.611. The van der Waals surface area contributed by atoms with Gasteiger partial charge in [0.1, 0.15) is 0 Å². The second-order valence-electron chi connectivity index (χ2n) is 5.57. The molecule has 1 unspecified atom stereocenters. The lowest BCUT2D eigenvalue weighted by Gasteiger charge is -2.22. The molecule has 1 saturated carbocycles. The van der Waals surface area contributed by atoms with Crippen molar-refractivity contribution in [3.8, 4) is 0 Å². The Hall–Kier alpha value is -0.960. The van der Waals surface area contributed by atoms with E-state index in [2.05, 4.69) is 38.1 Å². The van der Waals surface area contributed by atoms with Crippen molar-refractivity contribution in [1.82, 2.24) is 0 Å². The van der Waals surface area contributed by atoms with Gasteiger partial charge in [-0.15, -0.1) is 0 Å². The van der Waals surface area contributed by atoms with Gasteiger partial charge in [-0.1, -0.05) is 22.9 Å². The highest BCUT2D eigenvalue weighted by Gasteiger charge is 2.19. The Balaban J connectivity index is 1.99. The molecular weight excluding hydrogens is 254 g/mol. The van der Waals surface area contributed by atoms with Crippen molar-refractivity contribution in [2.75, 3.05) is 0 Å². The highest BCUT2D eigenvalue weighted by atomic mass is 32.2. The van der Waals surface area contributed by atoms with Crippen LogP contribution < -0.4 is 0 Å². The fraction of sp³-hybridized carbons (Fsp3) is 0.562. The molecule has 0 aliphatic heterocycles. The van der Waals surface area contributed by atoms with E-state index in [0.717, 1.165) is 30.7 Å². The first-order valence-corrected chi connectivity index (χ1v) is 8.03. The minimum absolute atomic E-state index is 0.611. The van der Waals surface area contributed by atoms with Gasteiger partial charge in [0.05, 0.1) is 5.71 Å². The average Bonchev–Trinajstić information content (AvgIpc) is 2.37. The molecule has 2 rings (SSSR count). The molecule has 2 nitrogen and oxygen atoms in total. The molecule has 1 fully saturated rings. The van der Waals surface area contributed by atoms with E-state index in [1.807, 2.05) is 11.8 Å². The SMILES string of the molecule is Cc1cc(C)c(CSC2CCC/C(=N\O)C2)c(C)c1. The molecule has 19 heavy (non-hydrogen) atoms. The van der Waals surface area contributed by atoms with E-state index in [9.17, 15) is 0 Å². The van der Waals surface area contributed by atoms with Gasteiger partial charge >= 0.3 is 0 Å². The van der Waals surface area contributed by atoms with Crippen LogP contribution in [0.5, 0.6) is 0 Å². The number of aryl methyl sites for hydroxylation is 3. The van der Waals surface area contributed by atoms with Crippen LogP contribution in [0.15, 0.2) is 17.3 Å². The van der Waals surface area contributed by atoms with E-state index < -0.39 is 0 Å². The second-order valence-corrected chi connectivity index (χ2v) is 6.86. The molecule has 1 N–H and O–H groups in total. The lowest BCUT2D eigenvalue weighted by molar-refractivity contribution is 0.314. The third-order valence-electron chi connectivity index (χ3n) is 3.90. The number of benzene rings is 1. The summed E-state index contributed by atoms with van der Waals surface area (Å²) in [4.78, 5) is 0. The number of nitrogens with zero attached hydrogens (tertiary/aromatic N) is 1. The number of oxime groups is 1. The van der Waals surface area contributed by atoms with Crippen LogP contribution in [0.3, 0.4) is 0 Å². The van der Waals surface area contributed by atoms with Gasteiger partial charge < -0.3 is 5.21 Å². The smallest absolute Gasteiger partial charge is 0.0581 e. The third-order valence-corrected chi connectivity index (χ3v) is 5.23. The van der Waals surface area contributed by atoms with E-state index in [-0.39, 0.29) is 0 Å². The maximum atomic E-state index is 8.89. The highest BCUT2D eigenvalue weighted by Crippen LogP contribution is 2.31. The largest absolute Gasteiger partial charge is 0.411 e. The number of thioether (sulfide) groups is 1. The molecule has 104 valence electrons. The van der Waals surface area contributed by atoms with Gasteiger partial charge in [-0.25, -0.2) is 0 Å². The lowest BCUT2D eigenvalue weighted by atomic mass is 9.98. The summed E-state index contributed by atoms with van der Waals surface area (Å²) < 4.78 is 0. The van der Waals surface area contributed by atoms with E-state index in [0.29, 0.717) is 5.25 Å². The summed E-state index contributed by atoms with van der Waals surface area (Å²) >= 11 is 2.01. The van der Waals surface area contributed by atoms with Crippen LogP contribution in [0.2, 0.25) is 0 Å². The summed E-state index contributed by atoms with van der Waals surface area (Å²) in [5.74, 6) is 1.07. The molecule has 1 aromatic carbocycles. The minimum Gasteiger partial charge on any atom is -0.411 e. The van der Waals surface area contributed by atoms with Crippen molar-refractivity contribution < 1.29 is 5.21 Å². The van der Waals surface area contributed by atoms with Crippen molar-refractivity contribution in [2.24, 2.45) is 5.16 Å². The molecule has 0 saturated heterocycles. The highest BCUT2D eigenvalue weighted by molar-refractivity contribution is 7.99. The summed E-state index contributed by atoms with van der Waals surface area (Å²) in [5, 5.41) is 12.9. The van der Waals surface area contributed by atoms with Gasteiger partial charge in [0.25, 0.3) is 0 Å². The fourth-order valence-corrected chi connectivity index (χ4v) is 4.37.